The van der Waals surface area contributed by atoms with Crippen LogP contribution in [0.15, 0.2) is 53.4 Å². The van der Waals surface area contributed by atoms with Gasteiger partial charge in [-0.15, -0.1) is 23.4 Å². The highest BCUT2D eigenvalue weighted by molar-refractivity contribution is 7.99. The van der Waals surface area contributed by atoms with Gasteiger partial charge in [0.1, 0.15) is 0 Å². The summed E-state index contributed by atoms with van der Waals surface area (Å²) in [5, 5.41) is 8.59. The first-order chi connectivity index (χ1) is 11.6. The van der Waals surface area contributed by atoms with Gasteiger partial charge in [-0.3, -0.25) is 5.41 Å². The second kappa shape index (κ2) is 9.00. The summed E-state index contributed by atoms with van der Waals surface area (Å²) in [7, 11) is 3.87. The molecule has 0 radical (unpaired) electrons. The summed E-state index contributed by atoms with van der Waals surface area (Å²) in [6.07, 6.45) is 0.989. The molecule has 2 aromatic rings. The molecule has 0 aliphatic carbocycles. The Morgan fingerprint density at radius 1 is 1.08 bits per heavy atom. The van der Waals surface area contributed by atoms with Gasteiger partial charge in [0, 0.05) is 36.3 Å². The van der Waals surface area contributed by atoms with Gasteiger partial charge in [0.2, 0.25) is 5.96 Å². The number of nitrogens with one attached hydrogen (secondary N) is 1. The number of aryl methyl sites for hydroxylation is 1. The fourth-order valence-corrected chi connectivity index (χ4v) is 3.51. The van der Waals surface area contributed by atoms with Crippen LogP contribution in [-0.2, 0) is 6.42 Å². The standard InChI is InChI=1S/C19H24ClN3S/c1-4-15-8-7-9-16(14-15)22(2)19(21)23(3)17-10-5-6-11-18(17)24-13-12-20/h5-11,14,21H,4,12-13H2,1-3H3. The molecule has 3 nitrogen and oxygen atoms in total. The zero-order valence-corrected chi connectivity index (χ0v) is 16.0. The van der Waals surface area contributed by atoms with Gasteiger partial charge in [0.05, 0.1) is 5.69 Å². The zero-order chi connectivity index (χ0) is 17.5. The summed E-state index contributed by atoms with van der Waals surface area (Å²) in [5.41, 5.74) is 3.32. The molecule has 128 valence electrons. The van der Waals surface area contributed by atoms with Gasteiger partial charge in [0.15, 0.2) is 0 Å². The maximum Gasteiger partial charge on any atom is 0.202 e. The van der Waals surface area contributed by atoms with E-state index >= 15 is 0 Å². The van der Waals surface area contributed by atoms with Crippen LogP contribution in [0.2, 0.25) is 0 Å². The van der Waals surface area contributed by atoms with Crippen molar-refractivity contribution in [1.29, 1.82) is 5.41 Å². The minimum absolute atomic E-state index is 0.433. The fraction of sp³-hybridized carbons (Fsp3) is 0.316. The molecular formula is C19H24ClN3S. The van der Waals surface area contributed by atoms with Crippen LogP contribution in [0.5, 0.6) is 0 Å². The number of alkyl halides is 1. The molecule has 0 atom stereocenters. The minimum Gasteiger partial charge on any atom is -0.316 e. The maximum atomic E-state index is 8.59. The van der Waals surface area contributed by atoms with Crippen molar-refractivity contribution in [1.82, 2.24) is 0 Å². The van der Waals surface area contributed by atoms with Crippen LogP contribution in [0.1, 0.15) is 12.5 Å². The topological polar surface area (TPSA) is 30.3 Å². The van der Waals surface area contributed by atoms with E-state index in [1.807, 2.05) is 54.2 Å². The zero-order valence-electron chi connectivity index (χ0n) is 14.4. The first-order valence-corrected chi connectivity index (χ1v) is 9.53. The molecule has 0 aliphatic rings. The number of benzene rings is 2. The van der Waals surface area contributed by atoms with Gasteiger partial charge in [-0.25, -0.2) is 0 Å². The third-order valence-electron chi connectivity index (χ3n) is 3.90. The Morgan fingerprint density at radius 3 is 2.54 bits per heavy atom. The van der Waals surface area contributed by atoms with Crippen LogP contribution >= 0.6 is 23.4 Å². The van der Waals surface area contributed by atoms with E-state index in [4.69, 9.17) is 17.0 Å². The lowest BCUT2D eigenvalue weighted by Crippen LogP contribution is -2.39. The molecule has 0 amide bonds. The number of thioether (sulfide) groups is 1. The van der Waals surface area contributed by atoms with Crippen LogP contribution in [-0.4, -0.2) is 31.7 Å². The molecule has 0 spiro atoms. The van der Waals surface area contributed by atoms with E-state index in [2.05, 4.69) is 25.1 Å². The number of hydrogen-bond donors (Lipinski definition) is 1. The minimum atomic E-state index is 0.433. The molecule has 0 saturated carbocycles. The maximum absolute atomic E-state index is 8.59. The molecule has 24 heavy (non-hydrogen) atoms. The highest BCUT2D eigenvalue weighted by Crippen LogP contribution is 2.30. The molecule has 0 aliphatic heterocycles. The summed E-state index contributed by atoms with van der Waals surface area (Å²) in [6.45, 7) is 2.14. The molecule has 0 bridgehead atoms. The van der Waals surface area contributed by atoms with Gasteiger partial charge in [0.25, 0.3) is 0 Å². The summed E-state index contributed by atoms with van der Waals surface area (Å²) in [6, 6.07) is 16.5. The van der Waals surface area contributed by atoms with Crippen LogP contribution in [0.3, 0.4) is 0 Å². The van der Waals surface area contributed by atoms with Gasteiger partial charge in [-0.05, 0) is 36.2 Å². The lowest BCUT2D eigenvalue weighted by molar-refractivity contribution is 1.09. The summed E-state index contributed by atoms with van der Waals surface area (Å²) >= 11 is 7.54. The highest BCUT2D eigenvalue weighted by Gasteiger charge is 2.16. The van der Waals surface area contributed by atoms with Crippen molar-refractivity contribution in [2.24, 2.45) is 0 Å². The van der Waals surface area contributed by atoms with Gasteiger partial charge in [-0.2, -0.15) is 0 Å². The van der Waals surface area contributed by atoms with Crippen molar-refractivity contribution in [2.75, 3.05) is 35.5 Å². The predicted molar refractivity (Wildman–Crippen MR) is 108 cm³/mol. The largest absolute Gasteiger partial charge is 0.316 e. The molecule has 5 heteroatoms. The van der Waals surface area contributed by atoms with Crippen molar-refractivity contribution in [2.45, 2.75) is 18.2 Å². The molecule has 0 saturated heterocycles. The third kappa shape index (κ3) is 4.46. The monoisotopic (exact) mass is 361 g/mol. The predicted octanol–water partition coefficient (Wildman–Crippen LogP) is 5.09. The first kappa shape index (κ1) is 18.7. The van der Waals surface area contributed by atoms with Crippen LogP contribution < -0.4 is 9.80 Å². The van der Waals surface area contributed by atoms with Crippen LogP contribution in [0.4, 0.5) is 11.4 Å². The summed E-state index contributed by atoms with van der Waals surface area (Å²) in [4.78, 5) is 4.96. The van der Waals surface area contributed by atoms with Gasteiger partial charge >= 0.3 is 0 Å². The highest BCUT2D eigenvalue weighted by atomic mass is 35.5. The summed E-state index contributed by atoms with van der Waals surface area (Å²) < 4.78 is 0. The van der Waals surface area contributed by atoms with Crippen molar-refractivity contribution >= 4 is 40.7 Å². The molecular weight excluding hydrogens is 338 g/mol. The van der Waals surface area contributed by atoms with Crippen LogP contribution in [0, 0.1) is 5.41 Å². The third-order valence-corrected chi connectivity index (χ3v) is 5.38. The number of para-hydroxylation sites is 1. The lowest BCUT2D eigenvalue weighted by Gasteiger charge is -2.29. The quantitative estimate of drug-likeness (QED) is 0.336. The molecule has 0 heterocycles. The molecule has 2 rings (SSSR count). The van der Waals surface area contributed by atoms with Crippen molar-refractivity contribution < 1.29 is 0 Å². The first-order valence-electron chi connectivity index (χ1n) is 8.01. The molecule has 1 N–H and O–H groups in total. The van der Waals surface area contributed by atoms with Gasteiger partial charge < -0.3 is 9.80 Å². The Labute approximate surface area is 154 Å². The lowest BCUT2D eigenvalue weighted by atomic mass is 10.1. The Kier molecular flexibility index (Phi) is 7.00. The molecule has 2 aromatic carbocycles. The van der Waals surface area contributed by atoms with E-state index < -0.39 is 0 Å². The van der Waals surface area contributed by atoms with E-state index in [9.17, 15) is 0 Å². The number of halogens is 1. The van der Waals surface area contributed by atoms with E-state index in [0.717, 1.165) is 28.4 Å². The van der Waals surface area contributed by atoms with Crippen molar-refractivity contribution in [3.8, 4) is 0 Å². The van der Waals surface area contributed by atoms with Crippen molar-refractivity contribution in [3.63, 3.8) is 0 Å². The van der Waals surface area contributed by atoms with E-state index in [-0.39, 0.29) is 0 Å². The SMILES string of the molecule is CCc1cccc(N(C)C(=N)N(C)c2ccccc2SCCCl)c1. The Balaban J connectivity index is 2.22. The smallest absolute Gasteiger partial charge is 0.202 e. The van der Waals surface area contributed by atoms with Crippen LogP contribution in [0.25, 0.3) is 0 Å². The number of guanidine groups is 1. The Bertz CT molecular complexity index is 690. The second-order valence-corrected chi connectivity index (χ2v) is 6.98. The molecule has 0 aromatic heterocycles. The molecule has 0 unspecified atom stereocenters. The number of nitrogens with zero attached hydrogens (tertiary/aromatic N) is 2. The van der Waals surface area contributed by atoms with Crippen molar-refractivity contribution in [3.05, 3.63) is 54.1 Å². The summed E-state index contributed by atoms with van der Waals surface area (Å²) in [5.74, 6) is 1.90. The van der Waals surface area contributed by atoms with E-state index in [1.54, 1.807) is 11.8 Å². The van der Waals surface area contributed by atoms with E-state index in [0.29, 0.717) is 11.8 Å². The van der Waals surface area contributed by atoms with E-state index in [1.165, 1.54) is 5.56 Å². The second-order valence-electron chi connectivity index (χ2n) is 5.47. The number of rotatable bonds is 6. The number of anilines is 2. The average molecular weight is 362 g/mol. The Morgan fingerprint density at radius 2 is 1.83 bits per heavy atom. The number of hydrogen-bond acceptors (Lipinski definition) is 2. The molecule has 0 fully saturated rings. The normalized spacial score (nSPS) is 10.5. The average Bonchev–Trinajstić information content (AvgIpc) is 2.64. The fourth-order valence-electron chi connectivity index (χ4n) is 2.45. The Hall–Kier alpha value is -1.65. The van der Waals surface area contributed by atoms with Gasteiger partial charge in [-0.1, -0.05) is 31.2 Å².